The summed E-state index contributed by atoms with van der Waals surface area (Å²) in [5, 5.41) is 13.8. The number of aliphatic imine (C=N–C) groups is 1. The van der Waals surface area contributed by atoms with Gasteiger partial charge < -0.3 is 10.4 Å². The Kier molecular flexibility index (Phi) is 9.40. The maximum absolute atomic E-state index is 13.3. The zero-order chi connectivity index (χ0) is 30.9. The van der Waals surface area contributed by atoms with Crippen molar-refractivity contribution in [3.05, 3.63) is 167 Å². The molecule has 6 nitrogen and oxygen atoms in total. The largest absolute Gasteiger partial charge is 0.481 e. The van der Waals surface area contributed by atoms with Crippen LogP contribution in [0.5, 0.6) is 0 Å². The van der Waals surface area contributed by atoms with Crippen molar-refractivity contribution in [3.63, 3.8) is 0 Å². The van der Waals surface area contributed by atoms with Crippen molar-refractivity contribution in [2.45, 2.75) is 32.7 Å². The summed E-state index contributed by atoms with van der Waals surface area (Å²) >= 11 is 0. The third kappa shape index (κ3) is 7.34. The zero-order valence-electron chi connectivity index (χ0n) is 24.9. The topological polar surface area (TPSA) is 91.7 Å². The third-order valence-corrected chi connectivity index (χ3v) is 7.69. The van der Waals surface area contributed by atoms with Crippen LogP contribution in [0.15, 0.2) is 133 Å². The lowest BCUT2D eigenvalue weighted by Crippen LogP contribution is -2.37. The number of aliphatic carboxylic acids is 1. The molecule has 1 amide bonds. The molecule has 44 heavy (non-hydrogen) atoms. The fraction of sp³-hybridized carbons (Fsp3) is 0.158. The molecule has 2 N–H and O–H groups in total. The molecule has 0 spiro atoms. The highest BCUT2D eigenvalue weighted by molar-refractivity contribution is 6.03. The summed E-state index contributed by atoms with van der Waals surface area (Å²) < 4.78 is 0. The van der Waals surface area contributed by atoms with Gasteiger partial charge in [0.2, 0.25) is 0 Å². The molecule has 0 aliphatic carbocycles. The van der Waals surface area contributed by atoms with Gasteiger partial charge in [-0.25, -0.2) is 0 Å². The summed E-state index contributed by atoms with van der Waals surface area (Å²) in [6.45, 7) is 4.02. The number of nitrogens with one attached hydrogen (secondary N) is 1. The van der Waals surface area contributed by atoms with Crippen molar-refractivity contribution in [1.29, 1.82) is 0 Å². The number of carbonyl (C=O) groups is 2. The van der Waals surface area contributed by atoms with Gasteiger partial charge in [0.15, 0.2) is 0 Å². The summed E-state index contributed by atoms with van der Waals surface area (Å²) in [5.74, 6) is -1.29. The molecule has 1 atom stereocenters. The second-order valence-electron chi connectivity index (χ2n) is 11.1. The first-order chi connectivity index (χ1) is 21.3. The second kappa shape index (κ2) is 13.7. The summed E-state index contributed by atoms with van der Waals surface area (Å²) in [7, 11) is 0. The van der Waals surface area contributed by atoms with Gasteiger partial charge in [-0.1, -0.05) is 114 Å². The van der Waals surface area contributed by atoms with Gasteiger partial charge in [0.05, 0.1) is 0 Å². The van der Waals surface area contributed by atoms with Crippen molar-refractivity contribution in [1.82, 2.24) is 4.98 Å². The van der Waals surface area contributed by atoms with Crippen LogP contribution >= 0.6 is 0 Å². The van der Waals surface area contributed by atoms with Crippen molar-refractivity contribution in [3.8, 4) is 0 Å². The van der Waals surface area contributed by atoms with E-state index in [1.165, 1.54) is 0 Å². The Morgan fingerprint density at radius 3 is 1.91 bits per heavy atom. The molecule has 5 rings (SSSR count). The SMILES string of the molecule is Cc1ccc(CC(C=NC(c2ccccc2)c2ccccc2NC(=O)c2ccccn2)(Cc2ccc(C)cc2)C(=O)O)cc1. The Hall–Kier alpha value is -5.36. The summed E-state index contributed by atoms with van der Waals surface area (Å²) in [4.78, 5) is 35.6. The molecule has 0 saturated carbocycles. The van der Waals surface area contributed by atoms with E-state index in [0.717, 1.165) is 33.4 Å². The van der Waals surface area contributed by atoms with Crippen LogP contribution in [0.4, 0.5) is 5.69 Å². The lowest BCUT2D eigenvalue weighted by molar-refractivity contribution is -0.144. The number of carbonyl (C=O) groups excluding carboxylic acids is 1. The highest BCUT2D eigenvalue weighted by atomic mass is 16.4. The van der Waals surface area contributed by atoms with Crippen LogP contribution in [-0.2, 0) is 17.6 Å². The smallest absolute Gasteiger partial charge is 0.315 e. The molecule has 1 aromatic heterocycles. The molecule has 6 heteroatoms. The molecular formula is C38H35N3O3. The molecule has 4 aromatic carbocycles. The molecule has 5 aromatic rings. The molecule has 0 saturated heterocycles. The minimum Gasteiger partial charge on any atom is -0.481 e. The van der Waals surface area contributed by atoms with E-state index in [2.05, 4.69) is 10.3 Å². The molecule has 0 bridgehead atoms. The van der Waals surface area contributed by atoms with Gasteiger partial charge in [-0.3, -0.25) is 19.6 Å². The second-order valence-corrected chi connectivity index (χ2v) is 11.1. The number of carboxylic acids is 1. The maximum atomic E-state index is 13.3. The summed E-state index contributed by atoms with van der Waals surface area (Å²) in [5.41, 5.74) is 5.19. The molecule has 0 radical (unpaired) electrons. The first-order valence-corrected chi connectivity index (χ1v) is 14.6. The number of para-hydroxylation sites is 1. The van der Waals surface area contributed by atoms with Crippen molar-refractivity contribution in [2.24, 2.45) is 10.4 Å². The molecule has 220 valence electrons. The number of aromatic nitrogens is 1. The molecule has 1 heterocycles. The van der Waals surface area contributed by atoms with E-state index >= 15 is 0 Å². The lowest BCUT2D eigenvalue weighted by Gasteiger charge is -2.27. The molecule has 0 fully saturated rings. The van der Waals surface area contributed by atoms with Crippen molar-refractivity contribution >= 4 is 23.8 Å². The van der Waals surface area contributed by atoms with Gasteiger partial charge in [-0.05, 0) is 61.6 Å². The predicted octanol–water partition coefficient (Wildman–Crippen LogP) is 7.67. The first-order valence-electron chi connectivity index (χ1n) is 14.6. The number of carboxylic acid groups (broad SMARTS) is 1. The number of rotatable bonds is 11. The first kappa shape index (κ1) is 30.1. The number of amides is 1. The van der Waals surface area contributed by atoms with Gasteiger partial charge in [-0.15, -0.1) is 0 Å². The number of anilines is 1. The van der Waals surface area contributed by atoms with Crippen LogP contribution in [-0.4, -0.2) is 28.2 Å². The van der Waals surface area contributed by atoms with Gasteiger partial charge in [0.25, 0.3) is 5.91 Å². The predicted molar refractivity (Wildman–Crippen MR) is 175 cm³/mol. The van der Waals surface area contributed by atoms with Crippen LogP contribution in [0.2, 0.25) is 0 Å². The Morgan fingerprint density at radius 1 is 0.773 bits per heavy atom. The fourth-order valence-corrected chi connectivity index (χ4v) is 5.23. The average molecular weight is 582 g/mol. The van der Waals surface area contributed by atoms with Crippen molar-refractivity contribution < 1.29 is 14.7 Å². The summed E-state index contributed by atoms with van der Waals surface area (Å²) in [6, 6.07) is 37.7. The highest BCUT2D eigenvalue weighted by Gasteiger charge is 2.38. The van der Waals surface area contributed by atoms with E-state index in [-0.39, 0.29) is 18.7 Å². The monoisotopic (exact) mass is 581 g/mol. The van der Waals surface area contributed by atoms with E-state index in [0.29, 0.717) is 11.4 Å². The molecule has 0 aliphatic rings. The van der Waals surface area contributed by atoms with Crippen molar-refractivity contribution in [2.75, 3.05) is 5.32 Å². The Balaban J connectivity index is 1.59. The third-order valence-electron chi connectivity index (χ3n) is 7.69. The number of nitrogens with zero attached hydrogens (tertiary/aromatic N) is 2. The van der Waals surface area contributed by atoms with Crippen LogP contribution < -0.4 is 5.32 Å². The van der Waals surface area contributed by atoms with E-state index in [4.69, 9.17) is 4.99 Å². The van der Waals surface area contributed by atoms with E-state index in [1.54, 1.807) is 30.6 Å². The van der Waals surface area contributed by atoms with E-state index in [9.17, 15) is 14.7 Å². The Labute approximate surface area is 258 Å². The molecule has 1 unspecified atom stereocenters. The number of aryl methyl sites for hydroxylation is 2. The minimum atomic E-state index is -1.33. The zero-order valence-corrected chi connectivity index (χ0v) is 24.9. The number of pyridine rings is 1. The Bertz CT molecular complexity index is 1690. The quantitative estimate of drug-likeness (QED) is 0.157. The average Bonchev–Trinajstić information content (AvgIpc) is 3.05. The van der Waals surface area contributed by atoms with Gasteiger partial charge in [0.1, 0.15) is 17.2 Å². The fourth-order valence-electron chi connectivity index (χ4n) is 5.23. The molecular weight excluding hydrogens is 546 g/mol. The van der Waals surface area contributed by atoms with Gasteiger partial charge in [0, 0.05) is 23.7 Å². The lowest BCUT2D eigenvalue weighted by atomic mass is 9.77. The number of hydrogen-bond donors (Lipinski definition) is 2. The van der Waals surface area contributed by atoms with Crippen LogP contribution in [0.25, 0.3) is 0 Å². The maximum Gasteiger partial charge on any atom is 0.315 e. The Morgan fingerprint density at radius 2 is 1.34 bits per heavy atom. The highest BCUT2D eigenvalue weighted by Crippen LogP contribution is 2.34. The van der Waals surface area contributed by atoms with Crippen LogP contribution in [0.1, 0.15) is 49.9 Å². The normalized spacial score (nSPS) is 12.1. The van der Waals surface area contributed by atoms with Gasteiger partial charge in [-0.2, -0.15) is 0 Å². The summed E-state index contributed by atoms with van der Waals surface area (Å²) in [6.07, 6.45) is 3.72. The van der Waals surface area contributed by atoms with Gasteiger partial charge >= 0.3 is 5.97 Å². The van der Waals surface area contributed by atoms with Crippen LogP contribution in [0, 0.1) is 19.3 Å². The standard InChI is InChI=1S/C38H35N3O3/c1-27-15-19-29(20-16-27)24-38(37(43)44,25-30-21-17-28(2)18-22-30)26-40-35(31-10-4-3-5-11-31)32-12-6-7-13-33(32)41-36(42)34-14-8-9-23-39-34/h3-23,26,35H,24-25H2,1-2H3,(H,41,42)(H,43,44). The van der Waals surface area contributed by atoms with Crippen LogP contribution in [0.3, 0.4) is 0 Å². The number of hydrogen-bond acceptors (Lipinski definition) is 4. The number of benzene rings is 4. The minimum absolute atomic E-state index is 0.263. The molecule has 0 aliphatic heterocycles. The van der Waals surface area contributed by atoms with E-state index < -0.39 is 17.4 Å². The van der Waals surface area contributed by atoms with E-state index in [1.807, 2.05) is 117 Å².